The highest BCUT2D eigenvalue weighted by Crippen LogP contribution is 2.24. The van der Waals surface area contributed by atoms with Crippen LogP contribution in [0.15, 0.2) is 66.7 Å². The predicted molar refractivity (Wildman–Crippen MR) is 91.0 cm³/mol. The van der Waals surface area contributed by atoms with Crippen LogP contribution in [0.4, 0.5) is 23.0 Å². The summed E-state index contributed by atoms with van der Waals surface area (Å²) in [5.41, 5.74) is 2.10. The van der Waals surface area contributed by atoms with E-state index in [4.69, 9.17) is 0 Å². The van der Waals surface area contributed by atoms with E-state index in [1.807, 2.05) is 73.5 Å². The van der Waals surface area contributed by atoms with Gasteiger partial charge in [-0.15, -0.1) is 0 Å². The van der Waals surface area contributed by atoms with E-state index in [2.05, 4.69) is 27.4 Å². The van der Waals surface area contributed by atoms with Crippen LogP contribution in [0.25, 0.3) is 0 Å². The quantitative estimate of drug-likeness (QED) is 0.778. The number of rotatable bonds is 4. The molecule has 0 bridgehead atoms. The van der Waals surface area contributed by atoms with Crippen molar-refractivity contribution in [1.29, 1.82) is 0 Å². The number of nitrogens with one attached hydrogen (secondary N) is 1. The van der Waals surface area contributed by atoms with Crippen LogP contribution in [-0.4, -0.2) is 17.0 Å². The highest BCUT2D eigenvalue weighted by Gasteiger charge is 2.08. The third-order valence-corrected chi connectivity index (χ3v) is 3.36. The van der Waals surface area contributed by atoms with Crippen molar-refractivity contribution in [2.24, 2.45) is 0 Å². The number of hydrogen-bond donors (Lipinski definition) is 1. The van der Waals surface area contributed by atoms with Crippen LogP contribution in [-0.2, 0) is 0 Å². The molecule has 4 nitrogen and oxygen atoms in total. The van der Waals surface area contributed by atoms with Crippen LogP contribution in [0, 0.1) is 6.92 Å². The van der Waals surface area contributed by atoms with Gasteiger partial charge in [0.2, 0.25) is 0 Å². The smallest absolute Gasteiger partial charge is 0.138 e. The van der Waals surface area contributed by atoms with E-state index in [0.717, 1.165) is 28.8 Å². The fraction of sp³-hybridized carbons (Fsp3) is 0.111. The summed E-state index contributed by atoms with van der Waals surface area (Å²) in [4.78, 5) is 11.0. The maximum absolute atomic E-state index is 4.53. The first-order valence-electron chi connectivity index (χ1n) is 7.19. The summed E-state index contributed by atoms with van der Waals surface area (Å²) in [6, 6.07) is 22.1. The van der Waals surface area contributed by atoms with E-state index in [0.29, 0.717) is 0 Å². The first-order chi connectivity index (χ1) is 10.7. The summed E-state index contributed by atoms with van der Waals surface area (Å²) in [5.74, 6) is 2.38. The summed E-state index contributed by atoms with van der Waals surface area (Å²) in [6.07, 6.45) is 0. The molecule has 110 valence electrons. The van der Waals surface area contributed by atoms with Crippen molar-refractivity contribution in [2.75, 3.05) is 17.3 Å². The van der Waals surface area contributed by atoms with Crippen LogP contribution in [0.1, 0.15) is 5.82 Å². The molecule has 0 radical (unpaired) electrons. The van der Waals surface area contributed by atoms with Crippen molar-refractivity contribution in [3.05, 3.63) is 72.6 Å². The van der Waals surface area contributed by atoms with Crippen LogP contribution in [0.5, 0.6) is 0 Å². The van der Waals surface area contributed by atoms with Gasteiger partial charge in [0.15, 0.2) is 0 Å². The highest BCUT2D eigenvalue weighted by molar-refractivity contribution is 5.64. The second-order valence-corrected chi connectivity index (χ2v) is 5.04. The number of anilines is 4. The first kappa shape index (κ1) is 14.1. The van der Waals surface area contributed by atoms with Crippen molar-refractivity contribution in [1.82, 2.24) is 9.97 Å². The van der Waals surface area contributed by atoms with Crippen molar-refractivity contribution in [3.63, 3.8) is 0 Å². The molecule has 0 saturated carbocycles. The highest BCUT2D eigenvalue weighted by atomic mass is 15.2. The van der Waals surface area contributed by atoms with Gasteiger partial charge in [-0.05, 0) is 31.2 Å². The molecule has 1 aromatic heterocycles. The molecule has 22 heavy (non-hydrogen) atoms. The third-order valence-electron chi connectivity index (χ3n) is 3.36. The van der Waals surface area contributed by atoms with E-state index in [9.17, 15) is 0 Å². The van der Waals surface area contributed by atoms with Crippen molar-refractivity contribution < 1.29 is 0 Å². The minimum absolute atomic E-state index is 0.735. The lowest BCUT2D eigenvalue weighted by Crippen LogP contribution is -2.12. The SMILES string of the molecule is Cc1nc(Nc2ccccc2)cc(N(C)c2ccccc2)n1. The molecule has 1 heterocycles. The zero-order valence-corrected chi connectivity index (χ0v) is 12.7. The molecular formula is C18H18N4. The van der Waals surface area contributed by atoms with Crippen molar-refractivity contribution in [3.8, 4) is 0 Å². The minimum atomic E-state index is 0.735. The second kappa shape index (κ2) is 6.26. The summed E-state index contributed by atoms with van der Waals surface area (Å²) < 4.78 is 0. The average molecular weight is 290 g/mol. The number of aryl methyl sites for hydroxylation is 1. The van der Waals surface area contributed by atoms with Gasteiger partial charge in [-0.25, -0.2) is 9.97 Å². The van der Waals surface area contributed by atoms with Crippen LogP contribution < -0.4 is 10.2 Å². The lowest BCUT2D eigenvalue weighted by molar-refractivity contribution is 1.02. The van der Waals surface area contributed by atoms with Gasteiger partial charge >= 0.3 is 0 Å². The van der Waals surface area contributed by atoms with Crippen LogP contribution >= 0.6 is 0 Å². The molecule has 0 fully saturated rings. The lowest BCUT2D eigenvalue weighted by Gasteiger charge is -2.19. The van der Waals surface area contributed by atoms with E-state index in [1.165, 1.54) is 0 Å². The zero-order chi connectivity index (χ0) is 15.4. The molecule has 3 aromatic rings. The Labute approximate surface area is 130 Å². The molecule has 0 aliphatic heterocycles. The average Bonchev–Trinajstić information content (AvgIpc) is 2.55. The molecule has 0 spiro atoms. The van der Waals surface area contributed by atoms with E-state index in [-0.39, 0.29) is 0 Å². The first-order valence-corrected chi connectivity index (χ1v) is 7.19. The van der Waals surface area contributed by atoms with Gasteiger partial charge in [-0.3, -0.25) is 0 Å². The number of benzene rings is 2. The summed E-state index contributed by atoms with van der Waals surface area (Å²) in [7, 11) is 2.00. The van der Waals surface area contributed by atoms with Crippen LogP contribution in [0.3, 0.4) is 0 Å². The Hall–Kier alpha value is -2.88. The topological polar surface area (TPSA) is 41.1 Å². The number of aromatic nitrogens is 2. The van der Waals surface area contributed by atoms with Gasteiger partial charge in [0.1, 0.15) is 17.5 Å². The minimum Gasteiger partial charge on any atom is -0.340 e. The Morgan fingerprint density at radius 3 is 2.18 bits per heavy atom. The van der Waals surface area contributed by atoms with Gasteiger partial charge in [-0.1, -0.05) is 36.4 Å². The van der Waals surface area contributed by atoms with E-state index < -0.39 is 0 Å². The summed E-state index contributed by atoms with van der Waals surface area (Å²) >= 11 is 0. The van der Waals surface area contributed by atoms with Gasteiger partial charge in [0, 0.05) is 24.5 Å². The Balaban J connectivity index is 1.90. The second-order valence-electron chi connectivity index (χ2n) is 5.04. The van der Waals surface area contributed by atoms with Crippen LogP contribution in [0.2, 0.25) is 0 Å². The zero-order valence-electron chi connectivity index (χ0n) is 12.7. The van der Waals surface area contributed by atoms with Crippen molar-refractivity contribution >= 4 is 23.0 Å². The molecule has 0 saturated heterocycles. The van der Waals surface area contributed by atoms with Gasteiger partial charge < -0.3 is 10.2 Å². The normalized spacial score (nSPS) is 10.3. The molecule has 0 atom stereocenters. The number of hydrogen-bond acceptors (Lipinski definition) is 4. The van der Waals surface area contributed by atoms with Gasteiger partial charge in [0.25, 0.3) is 0 Å². The molecule has 2 aromatic carbocycles. The fourth-order valence-corrected chi connectivity index (χ4v) is 2.24. The molecule has 0 amide bonds. The maximum Gasteiger partial charge on any atom is 0.138 e. The maximum atomic E-state index is 4.53. The Morgan fingerprint density at radius 1 is 0.864 bits per heavy atom. The van der Waals surface area contributed by atoms with Gasteiger partial charge in [0.05, 0.1) is 0 Å². The Bertz CT molecular complexity index is 742. The number of nitrogens with zero attached hydrogens (tertiary/aromatic N) is 3. The van der Waals surface area contributed by atoms with E-state index in [1.54, 1.807) is 0 Å². The third kappa shape index (κ3) is 3.23. The largest absolute Gasteiger partial charge is 0.340 e. The molecule has 0 aliphatic rings. The molecular weight excluding hydrogens is 272 g/mol. The summed E-state index contributed by atoms with van der Waals surface area (Å²) in [5, 5.41) is 3.31. The number of para-hydroxylation sites is 2. The lowest BCUT2D eigenvalue weighted by atomic mass is 10.3. The van der Waals surface area contributed by atoms with E-state index >= 15 is 0 Å². The van der Waals surface area contributed by atoms with Gasteiger partial charge in [-0.2, -0.15) is 0 Å². The molecule has 4 heteroatoms. The monoisotopic (exact) mass is 290 g/mol. The molecule has 3 rings (SSSR count). The predicted octanol–water partition coefficient (Wildman–Crippen LogP) is 4.30. The Morgan fingerprint density at radius 2 is 1.50 bits per heavy atom. The molecule has 1 N–H and O–H groups in total. The molecule has 0 aliphatic carbocycles. The Kier molecular flexibility index (Phi) is 4.01. The van der Waals surface area contributed by atoms with Crippen molar-refractivity contribution in [2.45, 2.75) is 6.92 Å². The summed E-state index contributed by atoms with van der Waals surface area (Å²) in [6.45, 7) is 1.90. The standard InChI is InChI=1S/C18H18N4/c1-14-19-17(21-15-9-5-3-6-10-15)13-18(20-14)22(2)16-11-7-4-8-12-16/h3-13H,1-2H3,(H,19,20,21). The fourth-order valence-electron chi connectivity index (χ4n) is 2.24. The molecule has 0 unspecified atom stereocenters.